The first-order valence-electron chi connectivity index (χ1n) is 7.41. The van der Waals surface area contributed by atoms with Crippen LogP contribution in [-0.2, 0) is 6.54 Å². The zero-order chi connectivity index (χ0) is 15.7. The van der Waals surface area contributed by atoms with Crippen molar-refractivity contribution in [1.82, 2.24) is 20.1 Å². The molecule has 2 aromatic rings. The van der Waals surface area contributed by atoms with Gasteiger partial charge < -0.3 is 13.9 Å². The maximum atomic E-state index is 12.3. The first-order valence-corrected chi connectivity index (χ1v) is 7.41. The van der Waals surface area contributed by atoms with E-state index in [4.69, 9.17) is 9.05 Å². The third-order valence-electron chi connectivity index (χ3n) is 4.07. The molecule has 7 nitrogen and oxygen atoms in total. The maximum absolute atomic E-state index is 12.3. The van der Waals surface area contributed by atoms with Crippen LogP contribution in [-0.4, -0.2) is 52.2 Å². The van der Waals surface area contributed by atoms with Crippen LogP contribution in [0, 0.1) is 20.8 Å². The predicted molar refractivity (Wildman–Crippen MR) is 85.6 cm³/mol. The smallest absolute Gasteiger partial charge is 0.276 e. The van der Waals surface area contributed by atoms with Gasteiger partial charge in [0.2, 0.25) is 0 Å². The quantitative estimate of drug-likeness (QED) is 0.850. The van der Waals surface area contributed by atoms with E-state index < -0.39 is 0 Å². The molecule has 3 rings (SSSR count). The highest BCUT2D eigenvalue weighted by Crippen LogP contribution is 2.17. The molecule has 2 aromatic heterocycles. The molecule has 1 amide bonds. The summed E-state index contributed by atoms with van der Waals surface area (Å²) in [4.78, 5) is 16.4. The highest BCUT2D eigenvalue weighted by Gasteiger charge is 2.25. The molecule has 0 saturated carbocycles. The highest BCUT2D eigenvalue weighted by molar-refractivity contribution is 5.92. The van der Waals surface area contributed by atoms with Crippen LogP contribution in [0.5, 0.6) is 0 Å². The van der Waals surface area contributed by atoms with Crippen molar-refractivity contribution < 1.29 is 13.8 Å². The van der Waals surface area contributed by atoms with Crippen molar-refractivity contribution in [3.63, 3.8) is 0 Å². The number of piperazine rings is 1. The highest BCUT2D eigenvalue weighted by atomic mass is 35.5. The van der Waals surface area contributed by atoms with E-state index in [0.29, 0.717) is 24.5 Å². The number of aryl methyl sites for hydroxylation is 3. The summed E-state index contributed by atoms with van der Waals surface area (Å²) >= 11 is 0. The van der Waals surface area contributed by atoms with Gasteiger partial charge in [-0.15, -0.1) is 12.4 Å². The van der Waals surface area contributed by atoms with Gasteiger partial charge in [-0.25, -0.2) is 0 Å². The average Bonchev–Trinajstić information content (AvgIpc) is 3.08. The van der Waals surface area contributed by atoms with E-state index >= 15 is 0 Å². The van der Waals surface area contributed by atoms with Gasteiger partial charge >= 0.3 is 0 Å². The summed E-state index contributed by atoms with van der Waals surface area (Å²) in [6.45, 7) is 9.51. The average molecular weight is 341 g/mol. The molecule has 0 unspecified atom stereocenters. The predicted octanol–water partition coefficient (Wildman–Crippen LogP) is 1.97. The molecule has 1 fully saturated rings. The molecule has 126 valence electrons. The topological polar surface area (TPSA) is 75.6 Å². The molecule has 0 N–H and O–H groups in total. The van der Waals surface area contributed by atoms with Crippen molar-refractivity contribution >= 4 is 18.3 Å². The standard InChI is InChI=1S/C15H20N4O3.ClH/c1-10-8-14(17-21-10)15(20)19-6-4-18(5-7-19)9-13-11(2)16-22-12(13)3;/h8H,4-7,9H2,1-3H3;1H. The fourth-order valence-corrected chi connectivity index (χ4v) is 2.69. The first-order chi connectivity index (χ1) is 10.5. The molecule has 23 heavy (non-hydrogen) atoms. The van der Waals surface area contributed by atoms with Crippen LogP contribution in [0.4, 0.5) is 0 Å². The van der Waals surface area contributed by atoms with Crippen molar-refractivity contribution in [1.29, 1.82) is 0 Å². The van der Waals surface area contributed by atoms with Gasteiger partial charge in [-0.2, -0.15) is 0 Å². The molecular formula is C15H21ClN4O3. The lowest BCUT2D eigenvalue weighted by atomic mass is 10.1. The van der Waals surface area contributed by atoms with Crippen molar-refractivity contribution in [3.8, 4) is 0 Å². The third kappa shape index (κ3) is 3.73. The Labute approximate surface area is 141 Å². The second kappa shape index (κ2) is 7.14. The Morgan fingerprint density at radius 1 is 1.13 bits per heavy atom. The monoisotopic (exact) mass is 340 g/mol. The fourth-order valence-electron chi connectivity index (χ4n) is 2.69. The molecule has 1 aliphatic heterocycles. The zero-order valence-corrected chi connectivity index (χ0v) is 14.4. The number of carbonyl (C=O) groups excluding carboxylic acids is 1. The van der Waals surface area contributed by atoms with Crippen LogP contribution >= 0.6 is 12.4 Å². The van der Waals surface area contributed by atoms with E-state index in [1.165, 1.54) is 0 Å². The molecule has 1 saturated heterocycles. The molecule has 0 spiro atoms. The van der Waals surface area contributed by atoms with Crippen molar-refractivity contribution in [2.45, 2.75) is 27.3 Å². The molecule has 0 aliphatic carbocycles. The molecule has 0 aromatic carbocycles. The minimum atomic E-state index is -0.0613. The van der Waals surface area contributed by atoms with Gasteiger partial charge in [-0.1, -0.05) is 10.3 Å². The number of amides is 1. The lowest BCUT2D eigenvalue weighted by molar-refractivity contribution is 0.0617. The lowest BCUT2D eigenvalue weighted by Crippen LogP contribution is -2.48. The van der Waals surface area contributed by atoms with E-state index in [9.17, 15) is 4.79 Å². The van der Waals surface area contributed by atoms with Crippen LogP contribution in [0.15, 0.2) is 15.1 Å². The molecule has 0 radical (unpaired) electrons. The van der Waals surface area contributed by atoms with E-state index in [-0.39, 0.29) is 18.3 Å². The van der Waals surface area contributed by atoms with Gasteiger partial charge in [0.15, 0.2) is 5.69 Å². The van der Waals surface area contributed by atoms with Crippen molar-refractivity contribution in [2.24, 2.45) is 0 Å². The summed E-state index contributed by atoms with van der Waals surface area (Å²) in [5, 5.41) is 7.78. The summed E-state index contributed by atoms with van der Waals surface area (Å²) in [7, 11) is 0. The van der Waals surface area contributed by atoms with E-state index in [1.807, 2.05) is 18.7 Å². The van der Waals surface area contributed by atoms with Crippen LogP contribution in [0.3, 0.4) is 0 Å². The Morgan fingerprint density at radius 3 is 2.35 bits per heavy atom. The largest absolute Gasteiger partial charge is 0.361 e. The van der Waals surface area contributed by atoms with Crippen LogP contribution in [0.1, 0.15) is 33.3 Å². The summed E-state index contributed by atoms with van der Waals surface area (Å²) in [5.41, 5.74) is 2.47. The second-order valence-corrected chi connectivity index (χ2v) is 5.69. The lowest BCUT2D eigenvalue weighted by Gasteiger charge is -2.34. The van der Waals surface area contributed by atoms with E-state index in [2.05, 4.69) is 15.2 Å². The van der Waals surface area contributed by atoms with Crippen LogP contribution < -0.4 is 0 Å². The number of nitrogens with zero attached hydrogens (tertiary/aromatic N) is 4. The molecule has 3 heterocycles. The zero-order valence-electron chi connectivity index (χ0n) is 13.5. The molecule has 8 heteroatoms. The Kier molecular flexibility index (Phi) is 5.43. The minimum Gasteiger partial charge on any atom is -0.361 e. The van der Waals surface area contributed by atoms with Crippen LogP contribution in [0.25, 0.3) is 0 Å². The van der Waals surface area contributed by atoms with Crippen LogP contribution in [0.2, 0.25) is 0 Å². The van der Waals surface area contributed by atoms with E-state index in [0.717, 1.165) is 36.7 Å². The van der Waals surface area contributed by atoms with Gasteiger partial charge in [0.25, 0.3) is 5.91 Å². The van der Waals surface area contributed by atoms with Gasteiger partial charge in [0.1, 0.15) is 11.5 Å². The first kappa shape index (κ1) is 17.5. The summed E-state index contributed by atoms with van der Waals surface area (Å²) < 4.78 is 10.2. The summed E-state index contributed by atoms with van der Waals surface area (Å²) in [5.74, 6) is 1.46. The molecule has 0 bridgehead atoms. The Hall–Kier alpha value is -1.86. The number of aromatic nitrogens is 2. The minimum absolute atomic E-state index is 0. The number of hydrogen-bond donors (Lipinski definition) is 0. The third-order valence-corrected chi connectivity index (χ3v) is 4.07. The number of carbonyl (C=O) groups is 1. The molecule has 0 atom stereocenters. The van der Waals surface area contributed by atoms with Crippen molar-refractivity contribution in [2.75, 3.05) is 26.2 Å². The van der Waals surface area contributed by atoms with Gasteiger partial charge in [0, 0.05) is 44.4 Å². The number of hydrogen-bond acceptors (Lipinski definition) is 6. The number of rotatable bonds is 3. The molecule has 1 aliphatic rings. The number of halogens is 1. The van der Waals surface area contributed by atoms with Gasteiger partial charge in [0.05, 0.1) is 5.69 Å². The maximum Gasteiger partial charge on any atom is 0.276 e. The SMILES string of the molecule is Cc1cc(C(=O)N2CCN(Cc3c(C)noc3C)CC2)no1.Cl. The Balaban J connectivity index is 0.00000192. The normalized spacial score (nSPS) is 15.5. The second-order valence-electron chi connectivity index (χ2n) is 5.69. The summed E-state index contributed by atoms with van der Waals surface area (Å²) in [6, 6.07) is 1.68. The Bertz CT molecular complexity index is 655. The fraction of sp³-hybridized carbons (Fsp3) is 0.533. The Morgan fingerprint density at radius 2 is 1.83 bits per heavy atom. The molecular weight excluding hydrogens is 320 g/mol. The van der Waals surface area contributed by atoms with E-state index in [1.54, 1.807) is 13.0 Å². The summed E-state index contributed by atoms with van der Waals surface area (Å²) in [6.07, 6.45) is 0. The van der Waals surface area contributed by atoms with Crippen molar-refractivity contribution in [3.05, 3.63) is 34.5 Å². The van der Waals surface area contributed by atoms with Gasteiger partial charge in [-0.3, -0.25) is 9.69 Å². The van der Waals surface area contributed by atoms with Gasteiger partial charge in [-0.05, 0) is 20.8 Å².